The summed E-state index contributed by atoms with van der Waals surface area (Å²) >= 11 is 3.77. The van der Waals surface area contributed by atoms with Crippen molar-refractivity contribution in [2.75, 3.05) is 36.4 Å². The van der Waals surface area contributed by atoms with Gasteiger partial charge in [0.15, 0.2) is 28.4 Å². The highest BCUT2D eigenvalue weighted by molar-refractivity contribution is 8.01. The Hall–Kier alpha value is -9.57. The maximum Gasteiger partial charge on any atom is 0.379 e. The number of thiazole rings is 1. The fraction of sp³-hybridized carbons (Fsp3) is 0.159. The first-order valence-corrected chi connectivity index (χ1v) is 29.1. The van der Waals surface area contributed by atoms with E-state index in [9.17, 15) is 19.2 Å². The number of nitrogens with zero attached hydrogens (tertiary/aromatic N) is 4. The van der Waals surface area contributed by atoms with Crippen LogP contribution in [0.15, 0.2) is 221 Å². The summed E-state index contributed by atoms with van der Waals surface area (Å²) in [6.45, 7) is 2.31. The smallest absolute Gasteiger partial charge is 0.379 e. The number of oxime groups is 1. The molecule has 0 spiro atoms. The number of thioether (sulfide) groups is 2. The van der Waals surface area contributed by atoms with Crippen LogP contribution < -0.4 is 30.4 Å². The molecule has 2 aromatic heterocycles. The molecule has 2 atom stereocenters. The average Bonchev–Trinajstić information content (AvgIpc) is 1.20. The maximum absolute atomic E-state index is 15.7. The number of ether oxygens (including phenoxy) is 3. The Morgan fingerprint density at radius 3 is 1.85 bits per heavy atom. The van der Waals surface area contributed by atoms with Gasteiger partial charge in [0.1, 0.15) is 29.4 Å². The van der Waals surface area contributed by atoms with Crippen molar-refractivity contribution in [3.05, 3.63) is 250 Å². The van der Waals surface area contributed by atoms with Gasteiger partial charge >= 0.3 is 29.8 Å². The lowest BCUT2D eigenvalue weighted by Crippen LogP contribution is -2.75. The second-order valence-electron chi connectivity index (χ2n) is 19.0. The van der Waals surface area contributed by atoms with Gasteiger partial charge in [0.25, 0.3) is 5.91 Å². The van der Waals surface area contributed by atoms with Crippen LogP contribution in [0.5, 0.6) is 11.5 Å². The fourth-order valence-corrected chi connectivity index (χ4v) is 13.3. The second kappa shape index (κ2) is 25.7. The monoisotopic (exact) mass is 1180 g/mol. The zero-order valence-corrected chi connectivity index (χ0v) is 48.1. The number of esters is 3. The molecule has 1 fully saturated rings. The Kier molecular flexibility index (Phi) is 17.6. The van der Waals surface area contributed by atoms with Crippen molar-refractivity contribution in [3.63, 3.8) is 0 Å². The lowest BCUT2D eigenvalue weighted by molar-refractivity contribution is -0.647. The van der Waals surface area contributed by atoms with E-state index in [0.717, 1.165) is 33.4 Å². The SMILES string of the molecule is CN[n+]1ccc(SCC2=C(C(=O)ONC(=O)C(=NOC)c3csc(NC(c4ccccc4)(c4ccccc4)c4ccccc4)n3)N3C(=O)C(C(=O)OC(c4ccccc4)c4ccccc4)(c4ccc(OC(C)=O)c(OC(C)=O)c4)[C@@H]3SC2)cc1. The van der Waals surface area contributed by atoms with E-state index in [1.54, 1.807) is 65.6 Å². The van der Waals surface area contributed by atoms with Crippen molar-refractivity contribution in [2.24, 2.45) is 5.16 Å². The number of anilines is 1. The molecule has 0 saturated carbocycles. The number of carbonyl (C=O) groups is 6. The van der Waals surface area contributed by atoms with Crippen LogP contribution in [-0.2, 0) is 54.1 Å². The summed E-state index contributed by atoms with van der Waals surface area (Å²) in [6, 6.07) is 55.4. The minimum Gasteiger partial charge on any atom is -0.451 e. The number of hydrogen-bond acceptors (Lipinski definition) is 18. The van der Waals surface area contributed by atoms with E-state index in [0.29, 0.717) is 21.8 Å². The van der Waals surface area contributed by atoms with Gasteiger partial charge in [0.05, 0.1) is 7.05 Å². The molecule has 1 unspecified atom stereocenters. The molecule has 424 valence electrons. The molecule has 2 aliphatic rings. The number of hydrogen-bond donors (Lipinski definition) is 3. The lowest BCUT2D eigenvalue weighted by atomic mass is 9.71. The number of β-lactam (4-membered cyclic amide) rings is 1. The molecule has 18 nitrogen and oxygen atoms in total. The third-order valence-electron chi connectivity index (χ3n) is 13.8. The molecule has 1 saturated heterocycles. The molecule has 2 aliphatic heterocycles. The van der Waals surface area contributed by atoms with Crippen molar-refractivity contribution in [1.29, 1.82) is 0 Å². The predicted octanol–water partition coefficient (Wildman–Crippen LogP) is 9.02. The Morgan fingerprint density at radius 1 is 0.762 bits per heavy atom. The van der Waals surface area contributed by atoms with Gasteiger partial charge in [-0.15, -0.1) is 34.9 Å². The number of rotatable bonds is 20. The summed E-state index contributed by atoms with van der Waals surface area (Å²) in [6.07, 6.45) is 2.60. The van der Waals surface area contributed by atoms with Crippen LogP contribution in [0.3, 0.4) is 0 Å². The molecule has 3 N–H and O–H groups in total. The summed E-state index contributed by atoms with van der Waals surface area (Å²) in [5, 5.41) is 8.52. The van der Waals surface area contributed by atoms with Crippen LogP contribution in [0.4, 0.5) is 5.13 Å². The van der Waals surface area contributed by atoms with Gasteiger partial charge in [-0.2, -0.15) is 10.9 Å². The summed E-state index contributed by atoms with van der Waals surface area (Å²) < 4.78 is 19.2. The minimum absolute atomic E-state index is 0.00494. The number of carbonyl (C=O) groups excluding carboxylic acids is 6. The molecule has 8 aromatic rings. The summed E-state index contributed by atoms with van der Waals surface area (Å²) in [4.78, 5) is 103. The predicted molar refractivity (Wildman–Crippen MR) is 317 cm³/mol. The molecule has 0 radical (unpaired) electrons. The third kappa shape index (κ3) is 11.7. The van der Waals surface area contributed by atoms with Gasteiger partial charge in [-0.1, -0.05) is 168 Å². The van der Waals surface area contributed by atoms with Gasteiger partial charge in [-0.25, -0.2) is 9.78 Å². The van der Waals surface area contributed by atoms with Gasteiger partial charge in [0, 0.05) is 47.8 Å². The quantitative estimate of drug-likeness (QED) is 0.00747. The van der Waals surface area contributed by atoms with Crippen LogP contribution in [0.25, 0.3) is 0 Å². The van der Waals surface area contributed by atoms with Crippen molar-refractivity contribution in [1.82, 2.24) is 15.4 Å². The number of nitrogens with one attached hydrogen (secondary N) is 3. The minimum atomic E-state index is -2.24. The van der Waals surface area contributed by atoms with E-state index < -0.39 is 58.1 Å². The van der Waals surface area contributed by atoms with Gasteiger partial charge < -0.3 is 29.2 Å². The van der Waals surface area contributed by atoms with Gasteiger partial charge in [0.2, 0.25) is 17.8 Å². The average molecular weight is 1180 g/mol. The molecule has 0 aliphatic carbocycles. The number of amides is 2. The maximum atomic E-state index is 15.7. The first kappa shape index (κ1) is 57.7. The van der Waals surface area contributed by atoms with Crippen molar-refractivity contribution in [3.8, 4) is 11.5 Å². The highest BCUT2D eigenvalue weighted by Gasteiger charge is 2.71. The van der Waals surface area contributed by atoms with E-state index in [-0.39, 0.29) is 45.7 Å². The number of pyridine rings is 1. The zero-order valence-electron chi connectivity index (χ0n) is 45.6. The number of benzene rings is 6. The second-order valence-corrected chi connectivity index (χ2v) is 21.9. The Labute approximate surface area is 495 Å². The van der Waals surface area contributed by atoms with E-state index in [2.05, 4.69) is 21.4 Å². The molecular weight excluding hydrogens is 1130 g/mol. The van der Waals surface area contributed by atoms with Crippen LogP contribution >= 0.6 is 34.9 Å². The molecule has 84 heavy (non-hydrogen) atoms. The van der Waals surface area contributed by atoms with Gasteiger partial charge in [-0.3, -0.25) is 28.9 Å². The third-order valence-corrected chi connectivity index (χ3v) is 17.0. The topological polar surface area (TPSA) is 217 Å². The number of fused-ring (bicyclic) bond motifs is 1. The molecule has 10 rings (SSSR count). The van der Waals surface area contributed by atoms with E-state index in [1.807, 2.05) is 128 Å². The molecule has 0 bridgehead atoms. The molecule has 21 heteroatoms. The molecular formula is C63H54N7O11S3+. The highest BCUT2D eigenvalue weighted by Crippen LogP contribution is 2.55. The van der Waals surface area contributed by atoms with E-state index in [1.165, 1.54) is 67.1 Å². The summed E-state index contributed by atoms with van der Waals surface area (Å²) in [5.41, 5.74) is 5.90. The zero-order chi connectivity index (χ0) is 58.8. The molecule has 4 heterocycles. The van der Waals surface area contributed by atoms with Crippen LogP contribution in [0, 0.1) is 0 Å². The Bertz CT molecular complexity index is 3650. The first-order chi connectivity index (χ1) is 40.8. The van der Waals surface area contributed by atoms with E-state index >= 15 is 9.59 Å². The Morgan fingerprint density at radius 2 is 1.31 bits per heavy atom. The first-order valence-electron chi connectivity index (χ1n) is 26.2. The molecule has 6 aromatic carbocycles. The normalized spacial score (nSPS) is 15.7. The van der Waals surface area contributed by atoms with Crippen LogP contribution in [0.1, 0.15) is 59.0 Å². The number of hydroxylamine groups is 1. The lowest BCUT2D eigenvalue weighted by Gasteiger charge is -2.56. The van der Waals surface area contributed by atoms with Crippen molar-refractivity contribution in [2.45, 2.75) is 41.2 Å². The Balaban J connectivity index is 0.996. The fourth-order valence-electron chi connectivity index (χ4n) is 10.00. The largest absolute Gasteiger partial charge is 0.451 e. The number of aromatic nitrogens is 2. The highest BCUT2D eigenvalue weighted by atomic mass is 32.2. The summed E-state index contributed by atoms with van der Waals surface area (Å²) in [5.74, 6) is -5.76. The van der Waals surface area contributed by atoms with Crippen LogP contribution in [0.2, 0.25) is 0 Å². The molecule has 2 amide bonds. The van der Waals surface area contributed by atoms with Crippen molar-refractivity contribution >= 4 is 81.4 Å². The van der Waals surface area contributed by atoms with Crippen molar-refractivity contribution < 1.29 is 57.3 Å². The van der Waals surface area contributed by atoms with Crippen LogP contribution in [-0.4, -0.2) is 82.3 Å². The summed E-state index contributed by atoms with van der Waals surface area (Å²) in [7, 11) is 3.02. The van der Waals surface area contributed by atoms with Gasteiger partial charge in [-0.05, 0) is 51.1 Å². The standard InChI is InChI=1S/C63H53N7O11S3/c1-40(71)78-51-31-30-48(36-52(51)79-41(2)72)62(60(76)80-55(42-20-10-5-11-21-42)43-22-12-6-13-23-43)58(75)70-54(44(38-83-59(62)70)37-82-49-32-34-69(64-3)35-33-49)57(74)81-68-56(73)53(67-77-4)50-39-84-61(65-50)66-63(45-24-14-7-15-25-45,46-26-16-8-17-27-46)47-28-18-9-19-29-47/h5-36,39,55,59,64H,37-38H2,1-4H3,(H-,65,66,68,73)/p+1/t59-,62?/m0/s1. The van der Waals surface area contributed by atoms with E-state index in [4.69, 9.17) is 28.9 Å².